The average Bonchev–Trinajstić information content (AvgIpc) is 2.82. The highest BCUT2D eigenvalue weighted by atomic mass is 16.2. The highest BCUT2D eigenvalue weighted by Gasteiger charge is 2.66. The highest BCUT2D eigenvalue weighted by molar-refractivity contribution is 6.04. The number of ketones is 2. The van der Waals surface area contributed by atoms with Gasteiger partial charge in [0.05, 0.1) is 11.0 Å². The molecule has 0 aliphatic heterocycles. The predicted octanol–water partition coefficient (Wildman–Crippen LogP) is 5.95. The van der Waals surface area contributed by atoms with Gasteiger partial charge in [-0.25, -0.2) is 0 Å². The number of nitrogens with zero attached hydrogens (tertiary/aromatic N) is 1. The fourth-order valence-corrected chi connectivity index (χ4v) is 10.0. The second-order valence-corrected chi connectivity index (χ2v) is 14.6. The second-order valence-electron chi connectivity index (χ2n) is 14.6. The first-order chi connectivity index (χ1) is 17.2. The third kappa shape index (κ3) is 3.43. The molecule has 5 aliphatic rings. The summed E-state index contributed by atoms with van der Waals surface area (Å²) in [5.74, 6) is 0.365. The van der Waals surface area contributed by atoms with Gasteiger partial charge in [-0.2, -0.15) is 5.26 Å². The van der Waals surface area contributed by atoms with Crippen LogP contribution in [0.4, 0.5) is 0 Å². The van der Waals surface area contributed by atoms with Gasteiger partial charge < -0.3 is 5.32 Å². The molecule has 0 spiro atoms. The summed E-state index contributed by atoms with van der Waals surface area (Å²) in [6.07, 6.45) is 10.1. The van der Waals surface area contributed by atoms with Crippen LogP contribution in [0.15, 0.2) is 23.3 Å². The molecule has 3 fully saturated rings. The van der Waals surface area contributed by atoms with Crippen LogP contribution >= 0.6 is 0 Å². The van der Waals surface area contributed by atoms with Crippen molar-refractivity contribution in [2.24, 2.45) is 50.7 Å². The normalized spacial score (nSPS) is 43.6. The number of amides is 1. The number of rotatable bonds is 2. The van der Waals surface area contributed by atoms with Gasteiger partial charge in [0.1, 0.15) is 6.07 Å². The van der Waals surface area contributed by atoms with Crippen LogP contribution in [-0.4, -0.2) is 24.0 Å². The molecular weight excluding hydrogens is 460 g/mol. The summed E-state index contributed by atoms with van der Waals surface area (Å²) in [4.78, 5) is 41.0. The van der Waals surface area contributed by atoms with Gasteiger partial charge in [0, 0.05) is 23.3 Å². The van der Waals surface area contributed by atoms with E-state index in [1.807, 2.05) is 32.9 Å². The first-order valence-corrected chi connectivity index (χ1v) is 14.4. The van der Waals surface area contributed by atoms with Crippen molar-refractivity contribution in [1.29, 1.82) is 5.26 Å². The van der Waals surface area contributed by atoms with Crippen LogP contribution < -0.4 is 5.32 Å². The fraction of sp³-hybridized carbons (Fsp3) is 0.750. The van der Waals surface area contributed by atoms with E-state index in [0.717, 1.165) is 50.5 Å². The Morgan fingerprint density at radius 1 is 1.03 bits per heavy atom. The number of hydrogen-bond donors (Lipinski definition) is 1. The molecule has 1 amide bonds. The molecule has 0 heterocycles. The molecule has 7 atom stereocenters. The molecule has 4 unspecified atom stereocenters. The van der Waals surface area contributed by atoms with Gasteiger partial charge in [-0.1, -0.05) is 53.2 Å². The Bertz CT molecular complexity index is 1170. The summed E-state index contributed by atoms with van der Waals surface area (Å²) in [6, 6.07) is 2.17. The maximum atomic E-state index is 14.2. The summed E-state index contributed by atoms with van der Waals surface area (Å²) < 4.78 is 0. The smallest absolute Gasteiger partial charge is 0.226 e. The summed E-state index contributed by atoms with van der Waals surface area (Å²) >= 11 is 0. The number of hydrogen-bond acceptors (Lipinski definition) is 4. The lowest BCUT2D eigenvalue weighted by molar-refractivity contribution is -0.161. The van der Waals surface area contributed by atoms with Crippen LogP contribution in [0.3, 0.4) is 0 Å². The Hall–Kier alpha value is -2.22. The van der Waals surface area contributed by atoms with E-state index in [1.165, 1.54) is 0 Å². The molecule has 5 heteroatoms. The van der Waals surface area contributed by atoms with Crippen LogP contribution in [-0.2, 0) is 14.4 Å². The first kappa shape index (κ1) is 26.4. The number of fused-ring (bicyclic) bond motifs is 7. The average molecular weight is 505 g/mol. The molecule has 0 aromatic carbocycles. The molecule has 0 radical (unpaired) electrons. The zero-order valence-corrected chi connectivity index (χ0v) is 23.8. The number of nitriles is 1. The van der Waals surface area contributed by atoms with Crippen LogP contribution in [0.1, 0.15) is 93.4 Å². The highest BCUT2D eigenvalue weighted by Crippen LogP contribution is 2.70. The molecule has 0 aromatic heterocycles. The van der Waals surface area contributed by atoms with E-state index in [0.29, 0.717) is 6.54 Å². The van der Waals surface area contributed by atoms with E-state index in [-0.39, 0.29) is 57.5 Å². The third-order valence-electron chi connectivity index (χ3n) is 11.9. The van der Waals surface area contributed by atoms with E-state index in [9.17, 15) is 19.6 Å². The maximum absolute atomic E-state index is 14.2. The zero-order chi connectivity index (χ0) is 27.2. The Kier molecular flexibility index (Phi) is 5.81. The molecule has 3 saturated carbocycles. The SMILES string of the molecule is CCNC(=O)[C@@]12CCC3[C@H](C(=O)C=C4C3(C)CCC3C(C)(C)C(=O)C(C#N)=C[C@]43C)C1CC(C)(C)CC2. The predicted molar refractivity (Wildman–Crippen MR) is 143 cm³/mol. The van der Waals surface area contributed by atoms with Crippen LogP contribution in [0.2, 0.25) is 0 Å². The van der Waals surface area contributed by atoms with E-state index in [2.05, 4.69) is 39.1 Å². The minimum Gasteiger partial charge on any atom is -0.356 e. The molecule has 200 valence electrons. The number of allylic oxidation sites excluding steroid dienone is 4. The van der Waals surface area contributed by atoms with Gasteiger partial charge >= 0.3 is 0 Å². The minimum absolute atomic E-state index is 0.0452. The van der Waals surface area contributed by atoms with Crippen molar-refractivity contribution >= 4 is 17.5 Å². The van der Waals surface area contributed by atoms with Crippen molar-refractivity contribution in [1.82, 2.24) is 5.32 Å². The van der Waals surface area contributed by atoms with Crippen LogP contribution in [0.5, 0.6) is 0 Å². The van der Waals surface area contributed by atoms with Crippen LogP contribution in [0, 0.1) is 62.1 Å². The van der Waals surface area contributed by atoms with Gasteiger partial charge in [0.25, 0.3) is 0 Å². The first-order valence-electron chi connectivity index (χ1n) is 14.4. The summed E-state index contributed by atoms with van der Waals surface area (Å²) in [5.41, 5.74) is -0.340. The third-order valence-corrected chi connectivity index (χ3v) is 11.9. The van der Waals surface area contributed by atoms with E-state index in [1.54, 1.807) is 0 Å². The Morgan fingerprint density at radius 3 is 2.38 bits per heavy atom. The maximum Gasteiger partial charge on any atom is 0.226 e. The minimum atomic E-state index is -0.649. The molecule has 37 heavy (non-hydrogen) atoms. The monoisotopic (exact) mass is 504 g/mol. The number of Topliss-reactive ketones (excluding diaryl/α,β-unsaturated/α-hetero) is 1. The molecule has 0 aromatic rings. The van der Waals surface area contributed by atoms with Gasteiger partial charge in [-0.05, 0) is 86.5 Å². The quantitative estimate of drug-likeness (QED) is 0.503. The molecular formula is C32H44N2O3. The largest absolute Gasteiger partial charge is 0.356 e. The number of carbonyl (C=O) groups is 3. The van der Waals surface area contributed by atoms with Crippen molar-refractivity contribution in [2.75, 3.05) is 6.54 Å². The zero-order valence-electron chi connectivity index (χ0n) is 23.8. The second kappa shape index (κ2) is 8.14. The Labute approximate surface area is 222 Å². The van der Waals surface area contributed by atoms with E-state index < -0.39 is 16.2 Å². The summed E-state index contributed by atoms with van der Waals surface area (Å²) in [5, 5.41) is 13.0. The molecule has 0 bridgehead atoms. The van der Waals surface area contributed by atoms with Crippen molar-refractivity contribution in [3.8, 4) is 6.07 Å². The molecule has 1 N–H and O–H groups in total. The van der Waals surface area contributed by atoms with Crippen molar-refractivity contribution in [3.05, 3.63) is 23.3 Å². The van der Waals surface area contributed by atoms with E-state index in [4.69, 9.17) is 0 Å². The molecule has 5 rings (SSSR count). The number of nitrogens with one attached hydrogen (secondary N) is 1. The molecule has 5 aliphatic carbocycles. The van der Waals surface area contributed by atoms with E-state index >= 15 is 0 Å². The Balaban J connectivity index is 1.65. The molecule has 0 saturated heterocycles. The van der Waals surface area contributed by atoms with Gasteiger partial charge in [0.2, 0.25) is 5.91 Å². The van der Waals surface area contributed by atoms with Crippen molar-refractivity contribution in [3.63, 3.8) is 0 Å². The fourth-order valence-electron chi connectivity index (χ4n) is 10.0. The molecule has 5 nitrogen and oxygen atoms in total. The van der Waals surface area contributed by atoms with Gasteiger partial charge in [0.15, 0.2) is 11.6 Å². The summed E-state index contributed by atoms with van der Waals surface area (Å²) in [7, 11) is 0. The lowest BCUT2D eigenvalue weighted by atomic mass is 9.38. The standard InChI is InChI=1S/C32H44N2O3/c1-8-34-27(37)32-12-9-20-25(21(32)17-28(2,3)13-14-32)22(35)15-24-30(20,6)11-10-23-29(4,5)26(36)19(18-33)16-31(23,24)7/h15-16,20-21,23,25H,8-14,17H2,1-7H3,(H,34,37)/t20?,21?,23?,25-,30?,31-,32+/m0/s1. The summed E-state index contributed by atoms with van der Waals surface area (Å²) in [6.45, 7) is 15.6. The lowest BCUT2D eigenvalue weighted by Crippen LogP contribution is -2.62. The van der Waals surface area contributed by atoms with Gasteiger partial charge in [-0.15, -0.1) is 0 Å². The van der Waals surface area contributed by atoms with Crippen LogP contribution in [0.25, 0.3) is 0 Å². The number of carbonyl (C=O) groups excluding carboxylic acids is 3. The Morgan fingerprint density at radius 2 is 1.73 bits per heavy atom. The topological polar surface area (TPSA) is 87.0 Å². The lowest BCUT2D eigenvalue weighted by Gasteiger charge is -2.64. The van der Waals surface area contributed by atoms with Crippen molar-refractivity contribution in [2.45, 2.75) is 93.4 Å². The van der Waals surface area contributed by atoms with Crippen molar-refractivity contribution < 1.29 is 14.4 Å². The van der Waals surface area contributed by atoms with Gasteiger partial charge in [-0.3, -0.25) is 14.4 Å².